The van der Waals surface area contributed by atoms with E-state index in [-0.39, 0.29) is 18.0 Å². The van der Waals surface area contributed by atoms with Gasteiger partial charge in [-0.3, -0.25) is 10.1 Å². The highest BCUT2D eigenvalue weighted by molar-refractivity contribution is 7.89. The predicted octanol–water partition coefficient (Wildman–Crippen LogP) is 1.65. The molecule has 0 spiro atoms. The number of anilines is 1. The standard InChI is InChI=1S/C17H21N5O5S/c1-13-19-16(21-9-4-5-10-21)12-17(20-13)27-11-8-18-28(25,26)15-7-3-2-6-14(15)22(23)24/h2-3,6-7,12,18H,4-5,8-11H2,1H3. The Morgan fingerprint density at radius 1 is 1.25 bits per heavy atom. The van der Waals surface area contributed by atoms with E-state index < -0.39 is 20.6 Å². The number of rotatable bonds is 8. The molecule has 1 fully saturated rings. The van der Waals surface area contributed by atoms with Gasteiger partial charge in [-0.15, -0.1) is 0 Å². The van der Waals surface area contributed by atoms with Gasteiger partial charge in [0.15, 0.2) is 4.90 Å². The van der Waals surface area contributed by atoms with E-state index in [0.717, 1.165) is 37.8 Å². The highest BCUT2D eigenvalue weighted by atomic mass is 32.2. The molecule has 1 aromatic carbocycles. The highest BCUT2D eigenvalue weighted by Gasteiger charge is 2.24. The fraction of sp³-hybridized carbons (Fsp3) is 0.412. The Kier molecular flexibility index (Phi) is 6.05. The highest BCUT2D eigenvalue weighted by Crippen LogP contribution is 2.23. The van der Waals surface area contributed by atoms with Gasteiger partial charge in [-0.25, -0.2) is 18.1 Å². The number of sulfonamides is 1. The average Bonchev–Trinajstić information content (AvgIpc) is 3.20. The number of nitro groups is 1. The van der Waals surface area contributed by atoms with Gasteiger partial charge in [0.05, 0.1) is 4.92 Å². The normalized spacial score (nSPS) is 14.2. The summed E-state index contributed by atoms with van der Waals surface area (Å²) in [6.45, 7) is 3.60. The number of hydrogen-bond acceptors (Lipinski definition) is 8. The molecule has 1 aromatic heterocycles. The maximum Gasteiger partial charge on any atom is 0.289 e. The Balaban J connectivity index is 1.61. The Bertz CT molecular complexity index is 960. The summed E-state index contributed by atoms with van der Waals surface area (Å²) < 4.78 is 32.6. The molecule has 1 N–H and O–H groups in total. The van der Waals surface area contributed by atoms with Gasteiger partial charge in [-0.1, -0.05) is 12.1 Å². The van der Waals surface area contributed by atoms with Gasteiger partial charge in [-0.2, -0.15) is 4.98 Å². The molecule has 11 heteroatoms. The summed E-state index contributed by atoms with van der Waals surface area (Å²) in [7, 11) is -4.03. The van der Waals surface area contributed by atoms with Crippen LogP contribution in [0.15, 0.2) is 35.2 Å². The van der Waals surface area contributed by atoms with Crippen LogP contribution >= 0.6 is 0 Å². The SMILES string of the molecule is Cc1nc(OCCNS(=O)(=O)c2ccccc2[N+](=O)[O-])cc(N2CCCC2)n1. The first kappa shape index (κ1) is 20.0. The molecule has 0 saturated carbocycles. The topological polar surface area (TPSA) is 128 Å². The zero-order valence-corrected chi connectivity index (χ0v) is 16.2. The molecule has 1 saturated heterocycles. The van der Waals surface area contributed by atoms with Gasteiger partial charge in [0.2, 0.25) is 15.9 Å². The number of aryl methyl sites for hydroxylation is 1. The fourth-order valence-corrected chi connectivity index (χ4v) is 4.14. The number of nitro benzene ring substituents is 1. The quantitative estimate of drug-likeness (QED) is 0.397. The van der Waals surface area contributed by atoms with Crippen molar-refractivity contribution in [1.29, 1.82) is 0 Å². The maximum atomic E-state index is 12.3. The number of benzene rings is 1. The van der Waals surface area contributed by atoms with Gasteiger partial charge in [0.25, 0.3) is 5.69 Å². The van der Waals surface area contributed by atoms with Crippen LogP contribution in [0.3, 0.4) is 0 Å². The van der Waals surface area contributed by atoms with E-state index in [9.17, 15) is 18.5 Å². The lowest BCUT2D eigenvalue weighted by molar-refractivity contribution is -0.387. The third-order valence-electron chi connectivity index (χ3n) is 4.23. The van der Waals surface area contributed by atoms with Crippen LogP contribution in [0, 0.1) is 17.0 Å². The van der Waals surface area contributed by atoms with E-state index in [1.165, 1.54) is 18.2 Å². The predicted molar refractivity (Wildman–Crippen MR) is 102 cm³/mol. The molecule has 0 bridgehead atoms. The van der Waals surface area contributed by atoms with Crippen molar-refractivity contribution in [2.24, 2.45) is 0 Å². The Morgan fingerprint density at radius 2 is 1.96 bits per heavy atom. The van der Waals surface area contributed by atoms with Gasteiger partial charge in [0.1, 0.15) is 18.2 Å². The van der Waals surface area contributed by atoms with Crippen LogP contribution in [0.5, 0.6) is 5.88 Å². The van der Waals surface area contributed by atoms with Crippen molar-refractivity contribution in [2.45, 2.75) is 24.7 Å². The van der Waals surface area contributed by atoms with E-state index in [2.05, 4.69) is 19.6 Å². The Morgan fingerprint density at radius 3 is 2.68 bits per heavy atom. The molecule has 10 nitrogen and oxygen atoms in total. The molecular formula is C17H21N5O5S. The molecule has 0 radical (unpaired) electrons. The minimum atomic E-state index is -4.03. The molecule has 0 unspecified atom stereocenters. The molecule has 28 heavy (non-hydrogen) atoms. The maximum absolute atomic E-state index is 12.3. The van der Waals surface area contributed by atoms with Crippen LogP contribution in [0.2, 0.25) is 0 Å². The summed E-state index contributed by atoms with van der Waals surface area (Å²) in [5, 5.41) is 11.0. The molecule has 1 aliphatic rings. The first-order chi connectivity index (χ1) is 13.4. The van der Waals surface area contributed by atoms with Crippen molar-refractivity contribution in [1.82, 2.24) is 14.7 Å². The summed E-state index contributed by atoms with van der Waals surface area (Å²) in [6.07, 6.45) is 2.24. The minimum Gasteiger partial charge on any atom is -0.476 e. The van der Waals surface area contributed by atoms with Crippen molar-refractivity contribution in [3.8, 4) is 5.88 Å². The molecule has 1 aliphatic heterocycles. The molecular weight excluding hydrogens is 386 g/mol. The molecule has 0 atom stereocenters. The lowest BCUT2D eigenvalue weighted by Crippen LogP contribution is -2.29. The average molecular weight is 407 g/mol. The molecule has 0 aliphatic carbocycles. The first-order valence-electron chi connectivity index (χ1n) is 8.83. The number of nitrogens with zero attached hydrogens (tertiary/aromatic N) is 4. The zero-order valence-electron chi connectivity index (χ0n) is 15.4. The molecule has 2 aromatic rings. The number of para-hydroxylation sites is 1. The van der Waals surface area contributed by atoms with E-state index in [4.69, 9.17) is 4.74 Å². The van der Waals surface area contributed by atoms with Gasteiger partial charge in [-0.05, 0) is 25.8 Å². The van der Waals surface area contributed by atoms with E-state index in [1.807, 2.05) is 0 Å². The Labute approximate surface area is 162 Å². The number of aromatic nitrogens is 2. The van der Waals surface area contributed by atoms with Gasteiger partial charge < -0.3 is 9.64 Å². The molecule has 150 valence electrons. The second-order valence-electron chi connectivity index (χ2n) is 6.28. The van der Waals surface area contributed by atoms with Crippen molar-refractivity contribution in [3.05, 3.63) is 46.3 Å². The third kappa shape index (κ3) is 4.73. The van der Waals surface area contributed by atoms with Gasteiger partial charge >= 0.3 is 0 Å². The second-order valence-corrected chi connectivity index (χ2v) is 8.01. The molecule has 3 rings (SSSR count). The van der Waals surface area contributed by atoms with Crippen LogP contribution in [-0.4, -0.2) is 49.6 Å². The second kappa shape index (κ2) is 8.48. The number of nitrogens with one attached hydrogen (secondary N) is 1. The van der Waals surface area contributed by atoms with Crippen molar-refractivity contribution in [2.75, 3.05) is 31.1 Å². The molecule has 2 heterocycles. The smallest absolute Gasteiger partial charge is 0.289 e. The summed E-state index contributed by atoms with van der Waals surface area (Å²) in [5.41, 5.74) is -0.474. The minimum absolute atomic E-state index is 0.0236. The van der Waals surface area contributed by atoms with E-state index in [1.54, 1.807) is 13.0 Å². The zero-order chi connectivity index (χ0) is 20.1. The lowest BCUT2D eigenvalue weighted by atomic mass is 10.3. The van der Waals surface area contributed by atoms with E-state index >= 15 is 0 Å². The van der Waals surface area contributed by atoms with Crippen LogP contribution in [0.4, 0.5) is 11.5 Å². The van der Waals surface area contributed by atoms with Crippen LogP contribution in [-0.2, 0) is 10.0 Å². The summed E-state index contributed by atoms with van der Waals surface area (Å²) in [5.74, 6) is 1.72. The van der Waals surface area contributed by atoms with Crippen molar-refractivity contribution in [3.63, 3.8) is 0 Å². The van der Waals surface area contributed by atoms with Crippen molar-refractivity contribution < 1.29 is 18.1 Å². The summed E-state index contributed by atoms with van der Waals surface area (Å²) in [4.78, 5) is 20.7. The van der Waals surface area contributed by atoms with Crippen molar-refractivity contribution >= 4 is 21.5 Å². The summed E-state index contributed by atoms with van der Waals surface area (Å²) in [6, 6.07) is 6.91. The van der Waals surface area contributed by atoms with Crippen LogP contribution in [0.25, 0.3) is 0 Å². The van der Waals surface area contributed by atoms with Gasteiger partial charge in [0, 0.05) is 31.8 Å². The first-order valence-corrected chi connectivity index (χ1v) is 10.3. The number of ether oxygens (including phenoxy) is 1. The van der Waals surface area contributed by atoms with Crippen LogP contribution < -0.4 is 14.4 Å². The largest absolute Gasteiger partial charge is 0.476 e. The summed E-state index contributed by atoms with van der Waals surface area (Å²) >= 11 is 0. The van der Waals surface area contributed by atoms with E-state index in [0.29, 0.717) is 11.7 Å². The fourth-order valence-electron chi connectivity index (χ4n) is 2.95. The Hall–Kier alpha value is -2.79. The third-order valence-corrected chi connectivity index (χ3v) is 5.73. The lowest BCUT2D eigenvalue weighted by Gasteiger charge is -2.17. The number of hydrogen-bond donors (Lipinski definition) is 1. The monoisotopic (exact) mass is 407 g/mol. The molecule has 0 amide bonds. The van der Waals surface area contributed by atoms with Crippen LogP contribution in [0.1, 0.15) is 18.7 Å².